The number of aromatic nitrogens is 3. The van der Waals surface area contributed by atoms with Crippen LogP contribution in [0, 0.1) is 6.92 Å². The fourth-order valence-electron chi connectivity index (χ4n) is 3.34. The SMILES string of the molecule is Cc1cc(CNC2CCN(C3CC3)C2)cnc1-n1cccn1. The van der Waals surface area contributed by atoms with Crippen LogP contribution in [-0.4, -0.2) is 44.8 Å². The number of hydrogen-bond donors (Lipinski definition) is 1. The molecule has 0 spiro atoms. The van der Waals surface area contributed by atoms with E-state index in [0.717, 1.165) is 24.0 Å². The van der Waals surface area contributed by atoms with E-state index in [0.29, 0.717) is 6.04 Å². The van der Waals surface area contributed by atoms with Crippen molar-refractivity contribution in [2.45, 2.75) is 44.8 Å². The van der Waals surface area contributed by atoms with Crippen molar-refractivity contribution < 1.29 is 0 Å². The summed E-state index contributed by atoms with van der Waals surface area (Å²) in [6.07, 6.45) is 9.76. The molecule has 1 saturated carbocycles. The van der Waals surface area contributed by atoms with Crippen LogP contribution in [0.1, 0.15) is 30.4 Å². The van der Waals surface area contributed by atoms with Gasteiger partial charge in [0.1, 0.15) is 0 Å². The molecule has 2 aromatic rings. The first-order chi connectivity index (χ1) is 10.8. The zero-order valence-corrected chi connectivity index (χ0v) is 13.1. The molecule has 1 aliphatic heterocycles. The minimum Gasteiger partial charge on any atom is -0.309 e. The predicted octanol–water partition coefficient (Wildman–Crippen LogP) is 1.90. The highest BCUT2D eigenvalue weighted by Crippen LogP contribution is 2.29. The summed E-state index contributed by atoms with van der Waals surface area (Å²) in [7, 11) is 0. The van der Waals surface area contributed by atoms with E-state index in [1.807, 2.05) is 23.1 Å². The Kier molecular flexibility index (Phi) is 3.68. The summed E-state index contributed by atoms with van der Waals surface area (Å²) in [6.45, 7) is 5.47. The maximum absolute atomic E-state index is 4.57. The predicted molar refractivity (Wildman–Crippen MR) is 85.9 cm³/mol. The van der Waals surface area contributed by atoms with Gasteiger partial charge in [-0.05, 0) is 49.4 Å². The van der Waals surface area contributed by atoms with Crippen LogP contribution in [0.15, 0.2) is 30.7 Å². The molecule has 5 nitrogen and oxygen atoms in total. The molecule has 1 unspecified atom stereocenters. The lowest BCUT2D eigenvalue weighted by Crippen LogP contribution is -2.32. The number of hydrogen-bond acceptors (Lipinski definition) is 4. The summed E-state index contributed by atoms with van der Waals surface area (Å²) in [4.78, 5) is 7.21. The molecule has 1 atom stereocenters. The van der Waals surface area contributed by atoms with Crippen molar-refractivity contribution in [3.63, 3.8) is 0 Å². The topological polar surface area (TPSA) is 46.0 Å². The van der Waals surface area contributed by atoms with Gasteiger partial charge in [-0.1, -0.05) is 0 Å². The monoisotopic (exact) mass is 297 g/mol. The van der Waals surface area contributed by atoms with Gasteiger partial charge in [0.2, 0.25) is 0 Å². The molecule has 0 bridgehead atoms. The zero-order chi connectivity index (χ0) is 14.9. The van der Waals surface area contributed by atoms with Crippen molar-refractivity contribution >= 4 is 0 Å². The van der Waals surface area contributed by atoms with Gasteiger partial charge in [0.05, 0.1) is 0 Å². The maximum atomic E-state index is 4.57. The van der Waals surface area contributed by atoms with Crippen LogP contribution in [0.25, 0.3) is 5.82 Å². The van der Waals surface area contributed by atoms with Crippen molar-refractivity contribution in [3.8, 4) is 5.82 Å². The van der Waals surface area contributed by atoms with Gasteiger partial charge in [-0.3, -0.25) is 4.90 Å². The van der Waals surface area contributed by atoms with Crippen LogP contribution in [0.4, 0.5) is 0 Å². The van der Waals surface area contributed by atoms with Crippen LogP contribution in [-0.2, 0) is 6.54 Å². The maximum Gasteiger partial charge on any atom is 0.156 e. The Morgan fingerprint density at radius 1 is 1.32 bits per heavy atom. The molecule has 0 aromatic carbocycles. The Morgan fingerprint density at radius 2 is 2.23 bits per heavy atom. The third-order valence-corrected chi connectivity index (χ3v) is 4.71. The number of nitrogens with one attached hydrogen (secondary N) is 1. The molecule has 116 valence electrons. The Balaban J connectivity index is 1.36. The molecular weight excluding hydrogens is 274 g/mol. The lowest BCUT2D eigenvalue weighted by molar-refractivity contribution is 0.317. The first kappa shape index (κ1) is 13.9. The van der Waals surface area contributed by atoms with Gasteiger partial charge >= 0.3 is 0 Å². The van der Waals surface area contributed by atoms with E-state index in [4.69, 9.17) is 0 Å². The average Bonchev–Trinajstić information content (AvgIpc) is 3.04. The summed E-state index contributed by atoms with van der Waals surface area (Å²) in [6, 6.07) is 5.66. The second-order valence-electron chi connectivity index (χ2n) is 6.53. The van der Waals surface area contributed by atoms with Crippen molar-refractivity contribution in [3.05, 3.63) is 41.9 Å². The second kappa shape index (κ2) is 5.82. The van der Waals surface area contributed by atoms with Gasteiger partial charge in [0.15, 0.2) is 5.82 Å². The van der Waals surface area contributed by atoms with Gasteiger partial charge < -0.3 is 5.32 Å². The Labute approximate surface area is 131 Å². The summed E-state index contributed by atoms with van der Waals surface area (Å²) < 4.78 is 1.82. The minimum absolute atomic E-state index is 0.631. The molecular formula is C17H23N5. The van der Waals surface area contributed by atoms with Crippen LogP contribution >= 0.6 is 0 Å². The molecule has 22 heavy (non-hydrogen) atoms. The molecule has 1 saturated heterocycles. The molecule has 1 N–H and O–H groups in total. The van der Waals surface area contributed by atoms with E-state index >= 15 is 0 Å². The van der Waals surface area contributed by atoms with Crippen LogP contribution < -0.4 is 5.32 Å². The number of pyridine rings is 1. The highest BCUT2D eigenvalue weighted by Gasteiger charge is 2.33. The third-order valence-electron chi connectivity index (χ3n) is 4.71. The highest BCUT2D eigenvalue weighted by atomic mass is 15.3. The Bertz CT molecular complexity index is 633. The number of nitrogens with zero attached hydrogens (tertiary/aromatic N) is 4. The van der Waals surface area contributed by atoms with E-state index < -0.39 is 0 Å². The summed E-state index contributed by atoms with van der Waals surface area (Å²) in [5.74, 6) is 0.912. The molecule has 0 amide bonds. The molecule has 1 aliphatic carbocycles. The van der Waals surface area contributed by atoms with E-state index in [-0.39, 0.29) is 0 Å². The average molecular weight is 297 g/mol. The van der Waals surface area contributed by atoms with E-state index in [2.05, 4.69) is 33.3 Å². The summed E-state index contributed by atoms with van der Waals surface area (Å²) in [5.41, 5.74) is 2.41. The van der Waals surface area contributed by atoms with Crippen molar-refractivity contribution in [2.75, 3.05) is 13.1 Å². The molecule has 2 aliphatic rings. The summed E-state index contributed by atoms with van der Waals surface area (Å²) in [5, 5.41) is 7.94. The number of aryl methyl sites for hydroxylation is 1. The second-order valence-corrected chi connectivity index (χ2v) is 6.53. The number of rotatable bonds is 5. The fourth-order valence-corrected chi connectivity index (χ4v) is 3.34. The smallest absolute Gasteiger partial charge is 0.156 e. The standard InChI is InChI=1S/C17H23N5/c1-13-9-14(11-19-17(13)22-7-2-6-20-22)10-18-15-5-8-21(12-15)16-3-4-16/h2,6-7,9,11,15-16,18H,3-5,8,10,12H2,1H3. The van der Waals surface area contributed by atoms with Gasteiger partial charge in [0.25, 0.3) is 0 Å². The summed E-state index contributed by atoms with van der Waals surface area (Å²) >= 11 is 0. The third kappa shape index (κ3) is 2.91. The van der Waals surface area contributed by atoms with Gasteiger partial charge in [-0.15, -0.1) is 0 Å². The zero-order valence-electron chi connectivity index (χ0n) is 13.1. The van der Waals surface area contributed by atoms with Gasteiger partial charge in [-0.2, -0.15) is 5.10 Å². The molecule has 5 heteroatoms. The first-order valence-corrected chi connectivity index (χ1v) is 8.22. The molecule has 2 aromatic heterocycles. The minimum atomic E-state index is 0.631. The van der Waals surface area contributed by atoms with Crippen molar-refractivity contribution in [1.29, 1.82) is 0 Å². The highest BCUT2D eigenvalue weighted by molar-refractivity contribution is 5.34. The lowest BCUT2D eigenvalue weighted by Gasteiger charge is -2.16. The quantitative estimate of drug-likeness (QED) is 0.915. The van der Waals surface area contributed by atoms with E-state index in [9.17, 15) is 0 Å². The van der Waals surface area contributed by atoms with Crippen molar-refractivity contribution in [1.82, 2.24) is 25.0 Å². The number of likely N-dealkylation sites (tertiary alicyclic amines) is 1. The lowest BCUT2D eigenvalue weighted by atomic mass is 10.2. The Morgan fingerprint density at radius 3 is 2.95 bits per heavy atom. The van der Waals surface area contributed by atoms with Gasteiger partial charge in [0, 0.05) is 50.3 Å². The van der Waals surface area contributed by atoms with Crippen LogP contribution in [0.3, 0.4) is 0 Å². The van der Waals surface area contributed by atoms with Crippen LogP contribution in [0.2, 0.25) is 0 Å². The van der Waals surface area contributed by atoms with Crippen LogP contribution in [0.5, 0.6) is 0 Å². The molecule has 2 fully saturated rings. The fraction of sp³-hybridized carbons (Fsp3) is 0.529. The molecule has 3 heterocycles. The Hall–Kier alpha value is -1.72. The normalized spacial score (nSPS) is 22.3. The largest absolute Gasteiger partial charge is 0.309 e. The van der Waals surface area contributed by atoms with E-state index in [1.54, 1.807) is 6.20 Å². The molecule has 4 rings (SSSR count). The molecule has 0 radical (unpaired) electrons. The first-order valence-electron chi connectivity index (χ1n) is 8.22. The van der Waals surface area contributed by atoms with Crippen molar-refractivity contribution in [2.24, 2.45) is 0 Å². The van der Waals surface area contributed by atoms with E-state index in [1.165, 1.54) is 37.9 Å². The van der Waals surface area contributed by atoms with Gasteiger partial charge in [-0.25, -0.2) is 9.67 Å².